The second-order valence-electron chi connectivity index (χ2n) is 6.94. The van der Waals surface area contributed by atoms with E-state index in [0.29, 0.717) is 17.3 Å². The highest BCUT2D eigenvalue weighted by Gasteiger charge is 2.56. The summed E-state index contributed by atoms with van der Waals surface area (Å²) in [4.78, 5) is 11.8. The van der Waals surface area contributed by atoms with Crippen LogP contribution in [0.4, 0.5) is 0 Å². The third kappa shape index (κ3) is 1.56. The molecule has 3 aliphatic rings. The Morgan fingerprint density at radius 3 is 2.76 bits per heavy atom. The minimum absolute atomic E-state index is 0.0574. The molecular formula is C15H24O2. The minimum atomic E-state index is 0.0574. The molecule has 0 bridgehead atoms. The first-order valence-corrected chi connectivity index (χ1v) is 7.23. The minimum Gasteiger partial charge on any atom is -0.462 e. The van der Waals surface area contributed by atoms with Crippen LogP contribution in [-0.4, -0.2) is 12.1 Å². The summed E-state index contributed by atoms with van der Waals surface area (Å²) in [7, 11) is 0. The second-order valence-corrected chi connectivity index (χ2v) is 6.94. The normalized spacial score (nSPS) is 53.8. The molecule has 0 aromatic heterocycles. The molecule has 0 spiro atoms. The van der Waals surface area contributed by atoms with Crippen molar-refractivity contribution in [2.45, 2.75) is 59.0 Å². The second kappa shape index (κ2) is 3.73. The Bertz CT molecular complexity index is 338. The van der Waals surface area contributed by atoms with E-state index in [0.717, 1.165) is 5.92 Å². The molecule has 17 heavy (non-hydrogen) atoms. The van der Waals surface area contributed by atoms with Gasteiger partial charge in [-0.3, -0.25) is 4.79 Å². The van der Waals surface area contributed by atoms with E-state index in [1.54, 1.807) is 0 Å². The highest BCUT2D eigenvalue weighted by Crippen LogP contribution is 2.57. The van der Waals surface area contributed by atoms with Gasteiger partial charge in [-0.1, -0.05) is 33.6 Å². The number of carbonyl (C=O) groups excluding carboxylic acids is 1. The lowest BCUT2D eigenvalue weighted by Gasteiger charge is -2.52. The largest absolute Gasteiger partial charge is 0.462 e. The molecule has 1 saturated heterocycles. The number of hydrogen-bond acceptors (Lipinski definition) is 2. The van der Waals surface area contributed by atoms with Crippen LogP contribution in [0.1, 0.15) is 52.9 Å². The van der Waals surface area contributed by atoms with Gasteiger partial charge in [-0.05, 0) is 30.6 Å². The lowest BCUT2D eigenvalue weighted by Crippen LogP contribution is -2.49. The summed E-state index contributed by atoms with van der Waals surface area (Å²) >= 11 is 0. The van der Waals surface area contributed by atoms with Crippen molar-refractivity contribution in [2.24, 2.45) is 29.1 Å². The standard InChI is InChI=1S/C15H24O2/c1-9-5-4-7-15(3)8-6-11-10(2)14(16)17-13(11)12(9)15/h9-13H,4-8H2,1-3H3/t9-,10-,11-,12-,13+,15-/m0/s1. The van der Waals surface area contributed by atoms with Gasteiger partial charge >= 0.3 is 5.97 Å². The first kappa shape index (κ1) is 11.6. The smallest absolute Gasteiger partial charge is 0.309 e. The Kier molecular flexibility index (Phi) is 2.53. The SMILES string of the molecule is C[C@@H]1C(=O)O[C@@H]2[C@H]1CC[C@]1(C)CCC[C@H](C)[C@@H]21. The summed E-state index contributed by atoms with van der Waals surface area (Å²) in [6.07, 6.45) is 6.72. The summed E-state index contributed by atoms with van der Waals surface area (Å²) < 4.78 is 5.74. The molecular weight excluding hydrogens is 212 g/mol. The van der Waals surface area contributed by atoms with Crippen molar-refractivity contribution in [2.75, 3.05) is 0 Å². The van der Waals surface area contributed by atoms with Crippen molar-refractivity contribution >= 4 is 5.97 Å². The van der Waals surface area contributed by atoms with Crippen LogP contribution >= 0.6 is 0 Å². The fraction of sp³-hybridized carbons (Fsp3) is 0.933. The number of carbonyl (C=O) groups is 1. The van der Waals surface area contributed by atoms with E-state index in [1.807, 2.05) is 0 Å². The Balaban J connectivity index is 1.92. The van der Waals surface area contributed by atoms with E-state index in [1.165, 1.54) is 32.1 Å². The van der Waals surface area contributed by atoms with Gasteiger partial charge in [-0.25, -0.2) is 0 Å². The predicted molar refractivity (Wildman–Crippen MR) is 66.4 cm³/mol. The van der Waals surface area contributed by atoms with Crippen LogP contribution in [-0.2, 0) is 9.53 Å². The molecule has 0 unspecified atom stereocenters. The van der Waals surface area contributed by atoms with Gasteiger partial charge in [0.25, 0.3) is 0 Å². The summed E-state index contributed by atoms with van der Waals surface area (Å²) in [6.45, 7) is 6.85. The Hall–Kier alpha value is -0.530. The molecule has 0 radical (unpaired) electrons. The molecule has 2 nitrogen and oxygen atoms in total. The van der Waals surface area contributed by atoms with Crippen molar-refractivity contribution in [3.8, 4) is 0 Å². The van der Waals surface area contributed by atoms with Crippen molar-refractivity contribution < 1.29 is 9.53 Å². The van der Waals surface area contributed by atoms with Crippen LogP contribution in [0, 0.1) is 29.1 Å². The number of hydrogen-bond donors (Lipinski definition) is 0. The van der Waals surface area contributed by atoms with Crippen LogP contribution in [0.2, 0.25) is 0 Å². The molecule has 6 atom stereocenters. The quantitative estimate of drug-likeness (QED) is 0.603. The zero-order valence-corrected chi connectivity index (χ0v) is 11.2. The van der Waals surface area contributed by atoms with Crippen molar-refractivity contribution in [1.29, 1.82) is 0 Å². The molecule has 0 N–H and O–H groups in total. The van der Waals surface area contributed by atoms with Gasteiger partial charge in [0.15, 0.2) is 0 Å². The summed E-state index contributed by atoms with van der Waals surface area (Å²) in [5.74, 6) is 2.03. The van der Waals surface area contributed by atoms with E-state index < -0.39 is 0 Å². The molecule has 96 valence electrons. The van der Waals surface area contributed by atoms with Crippen LogP contribution in [0.15, 0.2) is 0 Å². The number of fused-ring (bicyclic) bond motifs is 3. The van der Waals surface area contributed by atoms with Gasteiger partial charge in [0.2, 0.25) is 0 Å². The lowest BCUT2D eigenvalue weighted by molar-refractivity contribution is -0.152. The van der Waals surface area contributed by atoms with E-state index in [2.05, 4.69) is 20.8 Å². The highest BCUT2D eigenvalue weighted by atomic mass is 16.6. The molecule has 3 fully saturated rings. The third-order valence-electron chi connectivity index (χ3n) is 5.92. The molecule has 0 aromatic carbocycles. The molecule has 2 aliphatic carbocycles. The number of esters is 1. The average Bonchev–Trinajstić information content (AvgIpc) is 2.54. The average molecular weight is 236 g/mol. The van der Waals surface area contributed by atoms with Crippen molar-refractivity contribution in [1.82, 2.24) is 0 Å². The molecule has 2 heteroatoms. The Morgan fingerprint density at radius 2 is 2.00 bits per heavy atom. The molecule has 0 amide bonds. The van der Waals surface area contributed by atoms with E-state index in [-0.39, 0.29) is 18.0 Å². The monoisotopic (exact) mass is 236 g/mol. The van der Waals surface area contributed by atoms with Gasteiger partial charge in [0.1, 0.15) is 6.10 Å². The van der Waals surface area contributed by atoms with E-state index >= 15 is 0 Å². The maximum absolute atomic E-state index is 11.8. The fourth-order valence-corrected chi connectivity index (χ4v) is 4.91. The fourth-order valence-electron chi connectivity index (χ4n) is 4.91. The first-order chi connectivity index (χ1) is 8.03. The highest BCUT2D eigenvalue weighted by molar-refractivity contribution is 5.75. The predicted octanol–water partition coefficient (Wildman–Crippen LogP) is 3.40. The third-order valence-corrected chi connectivity index (χ3v) is 5.92. The maximum Gasteiger partial charge on any atom is 0.309 e. The van der Waals surface area contributed by atoms with Gasteiger partial charge < -0.3 is 4.74 Å². The number of rotatable bonds is 0. The maximum atomic E-state index is 11.8. The molecule has 2 saturated carbocycles. The summed E-state index contributed by atoms with van der Waals surface area (Å²) in [6, 6.07) is 0. The topological polar surface area (TPSA) is 26.3 Å². The molecule has 0 aromatic rings. The Morgan fingerprint density at radius 1 is 1.24 bits per heavy atom. The van der Waals surface area contributed by atoms with Crippen LogP contribution in [0.5, 0.6) is 0 Å². The van der Waals surface area contributed by atoms with Crippen LogP contribution in [0.3, 0.4) is 0 Å². The zero-order chi connectivity index (χ0) is 12.2. The zero-order valence-electron chi connectivity index (χ0n) is 11.2. The van der Waals surface area contributed by atoms with Gasteiger partial charge in [0, 0.05) is 11.8 Å². The van der Waals surface area contributed by atoms with Crippen LogP contribution < -0.4 is 0 Å². The molecule has 1 heterocycles. The molecule has 1 aliphatic heterocycles. The molecule has 3 rings (SSSR count). The van der Waals surface area contributed by atoms with E-state index in [4.69, 9.17) is 4.74 Å². The van der Waals surface area contributed by atoms with Crippen molar-refractivity contribution in [3.63, 3.8) is 0 Å². The van der Waals surface area contributed by atoms with Gasteiger partial charge in [0.05, 0.1) is 5.92 Å². The lowest BCUT2D eigenvalue weighted by atomic mass is 9.53. The summed E-state index contributed by atoms with van der Waals surface area (Å²) in [5, 5.41) is 0. The first-order valence-electron chi connectivity index (χ1n) is 7.23. The van der Waals surface area contributed by atoms with E-state index in [9.17, 15) is 4.79 Å². The summed E-state index contributed by atoms with van der Waals surface area (Å²) in [5.41, 5.74) is 0.434. The Labute approximate surface area is 104 Å². The van der Waals surface area contributed by atoms with Crippen molar-refractivity contribution in [3.05, 3.63) is 0 Å². The number of ether oxygens (including phenoxy) is 1. The van der Waals surface area contributed by atoms with Crippen LogP contribution in [0.25, 0.3) is 0 Å². The van der Waals surface area contributed by atoms with Gasteiger partial charge in [-0.15, -0.1) is 0 Å². The van der Waals surface area contributed by atoms with Gasteiger partial charge in [-0.2, -0.15) is 0 Å².